The molecule has 0 radical (unpaired) electrons. The smallest absolute Gasteiger partial charge is 0.419 e. The van der Waals surface area contributed by atoms with Crippen LogP contribution >= 0.6 is 0 Å². The van der Waals surface area contributed by atoms with Crippen molar-refractivity contribution in [3.05, 3.63) is 71.9 Å². The number of fused-ring (bicyclic) bond motifs is 1. The topological polar surface area (TPSA) is 76.6 Å². The average molecular weight is 409 g/mol. The molecule has 3 heterocycles. The summed E-state index contributed by atoms with van der Waals surface area (Å²) in [5.74, 6) is -0.287. The number of aromatic nitrogens is 4. The minimum Gasteiger partial charge on any atom is -0.488 e. The van der Waals surface area contributed by atoms with Crippen LogP contribution in [0.15, 0.2) is 55.1 Å². The van der Waals surface area contributed by atoms with Gasteiger partial charge in [-0.25, -0.2) is 9.97 Å². The Morgan fingerprint density at radius 1 is 1.13 bits per heavy atom. The Morgan fingerprint density at radius 3 is 2.60 bits per heavy atom. The lowest BCUT2D eigenvalue weighted by molar-refractivity contribution is -0.139. The van der Waals surface area contributed by atoms with E-state index in [1.54, 1.807) is 42.2 Å². The maximum atomic E-state index is 13.7. The first-order valence-electron chi connectivity index (χ1n) is 8.82. The molecule has 9 heteroatoms. The molecule has 0 bridgehead atoms. The third kappa shape index (κ3) is 3.67. The van der Waals surface area contributed by atoms with E-state index in [-0.39, 0.29) is 29.3 Å². The molecular formula is C21H14F3N5O. The number of nitrogens with zero attached hydrogens (tertiary/aromatic N) is 5. The summed E-state index contributed by atoms with van der Waals surface area (Å²) in [6.45, 7) is -0.0250. The molecular weight excluding hydrogens is 395 g/mol. The predicted molar refractivity (Wildman–Crippen MR) is 102 cm³/mol. The van der Waals surface area contributed by atoms with Crippen LogP contribution in [0.1, 0.15) is 16.8 Å². The number of benzene rings is 1. The summed E-state index contributed by atoms with van der Waals surface area (Å²) in [7, 11) is 1.73. The molecule has 0 aliphatic heterocycles. The number of imidazole rings is 1. The summed E-state index contributed by atoms with van der Waals surface area (Å²) >= 11 is 0. The Bertz CT molecular complexity index is 1260. The summed E-state index contributed by atoms with van der Waals surface area (Å²) in [5, 5.41) is 9.36. The van der Waals surface area contributed by atoms with Crippen molar-refractivity contribution in [2.75, 3.05) is 0 Å². The van der Waals surface area contributed by atoms with Crippen LogP contribution in [-0.2, 0) is 19.8 Å². The van der Waals surface area contributed by atoms with E-state index in [0.717, 1.165) is 6.07 Å². The third-order valence-corrected chi connectivity index (χ3v) is 4.54. The van der Waals surface area contributed by atoms with Gasteiger partial charge in [0.25, 0.3) is 0 Å². The van der Waals surface area contributed by atoms with Crippen LogP contribution in [-0.4, -0.2) is 19.5 Å². The molecule has 0 unspecified atom stereocenters. The van der Waals surface area contributed by atoms with Crippen LogP contribution in [0.2, 0.25) is 0 Å². The number of alkyl halides is 3. The van der Waals surface area contributed by atoms with Crippen molar-refractivity contribution in [3.63, 3.8) is 0 Å². The van der Waals surface area contributed by atoms with Crippen molar-refractivity contribution in [1.82, 2.24) is 19.5 Å². The van der Waals surface area contributed by atoms with Crippen molar-refractivity contribution in [3.8, 4) is 23.1 Å². The molecule has 30 heavy (non-hydrogen) atoms. The Hall–Kier alpha value is -3.93. The second-order valence-electron chi connectivity index (χ2n) is 6.54. The zero-order valence-electron chi connectivity index (χ0n) is 15.7. The molecule has 1 aromatic carbocycles. The predicted octanol–water partition coefficient (Wildman–Crippen LogP) is 4.50. The number of halogens is 3. The number of nitriles is 1. The first-order chi connectivity index (χ1) is 14.4. The molecule has 6 nitrogen and oxygen atoms in total. The Morgan fingerprint density at radius 2 is 1.90 bits per heavy atom. The molecule has 4 rings (SSSR count). The normalized spacial score (nSPS) is 11.4. The van der Waals surface area contributed by atoms with Gasteiger partial charge in [0.1, 0.15) is 23.9 Å². The van der Waals surface area contributed by atoms with Crippen LogP contribution in [0.3, 0.4) is 0 Å². The van der Waals surface area contributed by atoms with Crippen molar-refractivity contribution >= 4 is 11.0 Å². The highest BCUT2D eigenvalue weighted by molar-refractivity contribution is 5.84. The summed E-state index contributed by atoms with van der Waals surface area (Å²) in [4.78, 5) is 12.2. The van der Waals surface area contributed by atoms with E-state index in [9.17, 15) is 18.4 Å². The van der Waals surface area contributed by atoms with E-state index >= 15 is 0 Å². The van der Waals surface area contributed by atoms with Gasteiger partial charge in [0, 0.05) is 25.0 Å². The SMILES string of the molecule is Cn1cnc2c(C#N)nc(-c3ccc(OCc4ccncc4)c(C(F)(F)F)c3)cc21. The molecule has 0 amide bonds. The lowest BCUT2D eigenvalue weighted by atomic mass is 10.0. The molecule has 0 saturated heterocycles. The van der Waals surface area contributed by atoms with Gasteiger partial charge in [0.15, 0.2) is 5.69 Å². The maximum absolute atomic E-state index is 13.7. The number of pyridine rings is 2. The standard InChI is InChI=1S/C21H14F3N5O/c1-29-12-27-20-17(10-25)28-16(9-18(20)29)14-2-3-19(15(8-14)21(22,23)24)30-11-13-4-6-26-7-5-13/h2-9,12H,11H2,1H3. The Kier molecular flexibility index (Phi) is 4.83. The first-order valence-corrected chi connectivity index (χ1v) is 8.82. The molecule has 0 spiro atoms. The van der Waals surface area contributed by atoms with E-state index in [1.807, 2.05) is 6.07 Å². The second kappa shape index (κ2) is 7.48. The van der Waals surface area contributed by atoms with E-state index in [1.165, 1.54) is 18.5 Å². The van der Waals surface area contributed by atoms with Crippen molar-refractivity contribution in [2.45, 2.75) is 12.8 Å². The van der Waals surface area contributed by atoms with E-state index in [4.69, 9.17) is 4.74 Å². The Balaban J connectivity index is 1.76. The number of aryl methyl sites for hydroxylation is 1. The summed E-state index contributed by atoms with van der Waals surface area (Å²) in [6.07, 6.45) is -0.0224. The van der Waals surface area contributed by atoms with Crippen LogP contribution in [0.25, 0.3) is 22.3 Å². The molecule has 3 aromatic heterocycles. The van der Waals surface area contributed by atoms with Crippen LogP contribution in [0.5, 0.6) is 5.75 Å². The highest BCUT2D eigenvalue weighted by atomic mass is 19.4. The maximum Gasteiger partial charge on any atom is 0.419 e. The fraction of sp³-hybridized carbons (Fsp3) is 0.143. The van der Waals surface area contributed by atoms with Gasteiger partial charge in [-0.2, -0.15) is 18.4 Å². The van der Waals surface area contributed by atoms with E-state index < -0.39 is 11.7 Å². The van der Waals surface area contributed by atoms with E-state index in [2.05, 4.69) is 15.0 Å². The van der Waals surface area contributed by atoms with Crippen molar-refractivity contribution in [1.29, 1.82) is 5.26 Å². The molecule has 4 aromatic rings. The first kappa shape index (κ1) is 19.4. The summed E-state index contributed by atoms with van der Waals surface area (Å²) in [5.41, 5.74) is 1.30. The molecule has 0 atom stereocenters. The zero-order chi connectivity index (χ0) is 21.3. The van der Waals surface area contributed by atoms with Crippen molar-refractivity contribution < 1.29 is 17.9 Å². The zero-order valence-corrected chi connectivity index (χ0v) is 15.7. The molecule has 0 saturated carbocycles. The Labute approximate surface area is 169 Å². The monoisotopic (exact) mass is 409 g/mol. The molecule has 150 valence electrons. The highest BCUT2D eigenvalue weighted by Crippen LogP contribution is 2.39. The van der Waals surface area contributed by atoms with Gasteiger partial charge in [0.05, 0.1) is 23.1 Å². The van der Waals surface area contributed by atoms with E-state index in [0.29, 0.717) is 16.6 Å². The lowest BCUT2D eigenvalue weighted by Gasteiger charge is -2.15. The molecule has 0 aliphatic carbocycles. The number of hydrogen-bond acceptors (Lipinski definition) is 5. The fourth-order valence-electron chi connectivity index (χ4n) is 3.03. The van der Waals surface area contributed by atoms with Crippen LogP contribution in [0.4, 0.5) is 13.2 Å². The number of ether oxygens (including phenoxy) is 1. The minimum absolute atomic E-state index is 0.0250. The quantitative estimate of drug-likeness (QED) is 0.496. The molecule has 0 N–H and O–H groups in total. The highest BCUT2D eigenvalue weighted by Gasteiger charge is 2.35. The lowest BCUT2D eigenvalue weighted by Crippen LogP contribution is -2.09. The van der Waals surface area contributed by atoms with Gasteiger partial charge < -0.3 is 9.30 Å². The molecule has 0 fully saturated rings. The van der Waals surface area contributed by atoms with Crippen LogP contribution < -0.4 is 4.74 Å². The number of hydrogen-bond donors (Lipinski definition) is 0. The summed E-state index contributed by atoms with van der Waals surface area (Å²) < 4.78 is 48.2. The number of rotatable bonds is 4. The van der Waals surface area contributed by atoms with Gasteiger partial charge >= 0.3 is 6.18 Å². The summed E-state index contributed by atoms with van der Waals surface area (Å²) in [6, 6.07) is 10.6. The average Bonchev–Trinajstić information content (AvgIpc) is 3.12. The van der Waals surface area contributed by atoms with Crippen molar-refractivity contribution in [2.24, 2.45) is 7.05 Å². The van der Waals surface area contributed by atoms with Gasteiger partial charge in [-0.15, -0.1) is 0 Å². The second-order valence-corrected chi connectivity index (χ2v) is 6.54. The van der Waals surface area contributed by atoms with Gasteiger partial charge in [0.2, 0.25) is 0 Å². The van der Waals surface area contributed by atoms with Gasteiger partial charge in [-0.1, -0.05) is 0 Å². The fourth-order valence-corrected chi connectivity index (χ4v) is 3.03. The van der Waals surface area contributed by atoms with Gasteiger partial charge in [-0.3, -0.25) is 4.98 Å². The third-order valence-electron chi connectivity index (χ3n) is 4.54. The largest absolute Gasteiger partial charge is 0.488 e. The van der Waals surface area contributed by atoms with Gasteiger partial charge in [-0.05, 0) is 42.0 Å². The minimum atomic E-state index is -4.63. The van der Waals surface area contributed by atoms with Crippen LogP contribution in [0, 0.1) is 11.3 Å². The molecule has 0 aliphatic rings.